The largest absolute Gasteiger partial charge is 0.493 e. The maximum Gasteiger partial charge on any atom is 0.257 e. The lowest BCUT2D eigenvalue weighted by Crippen LogP contribution is -2.30. The molecule has 0 bridgehead atoms. The highest BCUT2D eigenvalue weighted by Crippen LogP contribution is 2.28. The number of amides is 1. The van der Waals surface area contributed by atoms with E-state index in [4.69, 9.17) is 9.47 Å². The maximum absolute atomic E-state index is 12.1. The summed E-state index contributed by atoms with van der Waals surface area (Å²) >= 11 is 0. The van der Waals surface area contributed by atoms with Gasteiger partial charge in [-0.15, -0.1) is 0 Å². The van der Waals surface area contributed by atoms with E-state index >= 15 is 0 Å². The molecule has 1 N–H and O–H groups in total. The van der Waals surface area contributed by atoms with Crippen molar-refractivity contribution in [1.82, 2.24) is 14.9 Å². The number of nitrogens with one attached hydrogen (secondary N) is 1. The number of methoxy groups -OCH3 is 1. The van der Waals surface area contributed by atoms with E-state index in [1.165, 1.54) is 0 Å². The number of hydrogen-bond acceptors (Lipinski definition) is 4. The van der Waals surface area contributed by atoms with Crippen LogP contribution in [0.1, 0.15) is 18.9 Å². The molecule has 0 radical (unpaired) electrons. The molecule has 1 aromatic heterocycles. The van der Waals surface area contributed by atoms with E-state index in [2.05, 4.69) is 14.9 Å². The highest BCUT2D eigenvalue weighted by Gasteiger charge is 2.08. The van der Waals surface area contributed by atoms with Crippen molar-refractivity contribution in [2.24, 2.45) is 0 Å². The number of benzene rings is 2. The van der Waals surface area contributed by atoms with Crippen LogP contribution in [0.2, 0.25) is 0 Å². The molecule has 1 amide bonds. The maximum atomic E-state index is 12.1. The Bertz CT molecular complexity index is 963. The number of rotatable bonds is 9. The smallest absolute Gasteiger partial charge is 0.257 e. The van der Waals surface area contributed by atoms with Gasteiger partial charge in [0.15, 0.2) is 18.1 Å². The van der Waals surface area contributed by atoms with Crippen LogP contribution < -0.4 is 14.8 Å². The van der Waals surface area contributed by atoms with Crippen LogP contribution in [0, 0.1) is 0 Å². The van der Waals surface area contributed by atoms with Gasteiger partial charge in [-0.25, -0.2) is 4.98 Å². The first-order valence-corrected chi connectivity index (χ1v) is 9.31. The van der Waals surface area contributed by atoms with Crippen molar-refractivity contribution >= 4 is 23.0 Å². The highest BCUT2D eigenvalue weighted by atomic mass is 16.5. The summed E-state index contributed by atoms with van der Waals surface area (Å²) in [6.45, 7) is 3.28. The van der Waals surface area contributed by atoms with E-state index in [-0.39, 0.29) is 12.5 Å². The molecule has 0 unspecified atom stereocenters. The van der Waals surface area contributed by atoms with Crippen molar-refractivity contribution in [3.8, 4) is 11.5 Å². The standard InChI is InChI=1S/C22H25N3O3/c1-3-7-17-10-11-20(21(14-17)27-2)28-15-22(26)23-12-6-13-25-16-24-18-8-4-5-9-19(18)25/h3-5,7-11,14,16H,6,12-13,15H2,1-2H3,(H,23,26)/b7-3+. The average molecular weight is 379 g/mol. The van der Waals surface area contributed by atoms with Gasteiger partial charge in [0, 0.05) is 13.1 Å². The predicted octanol–water partition coefficient (Wildman–Crippen LogP) is 3.66. The molecule has 28 heavy (non-hydrogen) atoms. The van der Waals surface area contributed by atoms with Gasteiger partial charge in [-0.05, 0) is 43.2 Å². The fourth-order valence-electron chi connectivity index (χ4n) is 2.96. The first kappa shape index (κ1) is 19.5. The second-order valence-corrected chi connectivity index (χ2v) is 6.33. The first-order chi connectivity index (χ1) is 13.7. The Morgan fingerprint density at radius 2 is 2.07 bits per heavy atom. The molecule has 0 aliphatic rings. The van der Waals surface area contributed by atoms with Crippen molar-refractivity contribution in [2.75, 3.05) is 20.3 Å². The Balaban J connectivity index is 1.43. The number of para-hydroxylation sites is 2. The second-order valence-electron chi connectivity index (χ2n) is 6.33. The lowest BCUT2D eigenvalue weighted by molar-refractivity contribution is -0.123. The molecule has 2 aromatic carbocycles. The van der Waals surface area contributed by atoms with Crippen LogP contribution in [0.25, 0.3) is 17.1 Å². The molecule has 0 saturated heterocycles. The Labute approximate surface area is 164 Å². The van der Waals surface area contributed by atoms with Gasteiger partial charge in [-0.2, -0.15) is 0 Å². The fraction of sp³-hybridized carbons (Fsp3) is 0.273. The third kappa shape index (κ3) is 4.91. The molecule has 6 heteroatoms. The van der Waals surface area contributed by atoms with E-state index in [1.807, 2.05) is 67.9 Å². The lowest BCUT2D eigenvalue weighted by atomic mass is 10.2. The molecule has 0 saturated carbocycles. The number of fused-ring (bicyclic) bond motifs is 1. The molecule has 0 aliphatic carbocycles. The van der Waals surface area contributed by atoms with Crippen molar-refractivity contribution in [2.45, 2.75) is 19.9 Å². The predicted molar refractivity (Wildman–Crippen MR) is 111 cm³/mol. The minimum Gasteiger partial charge on any atom is -0.493 e. The summed E-state index contributed by atoms with van der Waals surface area (Å²) in [5.74, 6) is 1.00. The molecule has 6 nitrogen and oxygen atoms in total. The van der Waals surface area contributed by atoms with Crippen LogP contribution in [0.15, 0.2) is 54.9 Å². The van der Waals surface area contributed by atoms with Gasteiger partial charge in [-0.3, -0.25) is 4.79 Å². The van der Waals surface area contributed by atoms with Crippen molar-refractivity contribution < 1.29 is 14.3 Å². The van der Waals surface area contributed by atoms with Gasteiger partial charge in [0.25, 0.3) is 5.91 Å². The molecular weight excluding hydrogens is 354 g/mol. The summed E-state index contributed by atoms with van der Waals surface area (Å²) in [7, 11) is 1.58. The Kier molecular flexibility index (Phi) is 6.68. The third-order valence-corrected chi connectivity index (χ3v) is 4.33. The Hall–Kier alpha value is -3.28. The summed E-state index contributed by atoms with van der Waals surface area (Å²) in [4.78, 5) is 16.4. The van der Waals surface area contributed by atoms with Crippen LogP contribution in [0.5, 0.6) is 11.5 Å². The van der Waals surface area contributed by atoms with Gasteiger partial charge in [0.05, 0.1) is 24.5 Å². The molecule has 0 aliphatic heterocycles. The van der Waals surface area contributed by atoms with E-state index in [1.54, 1.807) is 7.11 Å². The topological polar surface area (TPSA) is 65.4 Å². The molecule has 3 aromatic rings. The highest BCUT2D eigenvalue weighted by molar-refractivity contribution is 5.77. The normalized spacial score (nSPS) is 11.1. The monoisotopic (exact) mass is 379 g/mol. The van der Waals surface area contributed by atoms with Crippen LogP contribution in [0.4, 0.5) is 0 Å². The van der Waals surface area contributed by atoms with Crippen LogP contribution in [-0.4, -0.2) is 35.7 Å². The first-order valence-electron chi connectivity index (χ1n) is 9.31. The van der Waals surface area contributed by atoms with Crippen LogP contribution in [-0.2, 0) is 11.3 Å². The Morgan fingerprint density at radius 3 is 2.89 bits per heavy atom. The number of hydrogen-bond donors (Lipinski definition) is 1. The summed E-state index contributed by atoms with van der Waals surface area (Å²) in [6.07, 6.45) is 6.57. The zero-order chi connectivity index (χ0) is 19.8. The SMILES string of the molecule is C/C=C/c1ccc(OCC(=O)NCCCn2cnc3ccccc32)c(OC)c1. The van der Waals surface area contributed by atoms with Crippen molar-refractivity contribution in [3.05, 3.63) is 60.4 Å². The third-order valence-electron chi connectivity index (χ3n) is 4.33. The average Bonchev–Trinajstić information content (AvgIpc) is 3.13. The number of nitrogens with zero attached hydrogens (tertiary/aromatic N) is 2. The quantitative estimate of drug-likeness (QED) is 0.576. The van der Waals surface area contributed by atoms with Gasteiger partial charge >= 0.3 is 0 Å². The van der Waals surface area contributed by atoms with Crippen LogP contribution >= 0.6 is 0 Å². The lowest BCUT2D eigenvalue weighted by Gasteiger charge is -2.11. The second kappa shape index (κ2) is 9.60. The summed E-state index contributed by atoms with van der Waals surface area (Å²) in [5.41, 5.74) is 3.10. The molecule has 0 atom stereocenters. The van der Waals surface area contributed by atoms with E-state index in [9.17, 15) is 4.79 Å². The Morgan fingerprint density at radius 1 is 1.21 bits per heavy atom. The number of carbonyl (C=O) groups is 1. The molecule has 0 fully saturated rings. The molecule has 146 valence electrons. The van der Waals surface area contributed by atoms with Crippen molar-refractivity contribution in [1.29, 1.82) is 0 Å². The van der Waals surface area contributed by atoms with Crippen molar-refractivity contribution in [3.63, 3.8) is 0 Å². The molecule has 0 spiro atoms. The van der Waals surface area contributed by atoms with Gasteiger partial charge in [0.2, 0.25) is 0 Å². The number of allylic oxidation sites excluding steroid dienone is 1. The van der Waals surface area contributed by atoms with E-state index in [0.29, 0.717) is 18.0 Å². The summed E-state index contributed by atoms with van der Waals surface area (Å²) in [6, 6.07) is 13.6. The summed E-state index contributed by atoms with van der Waals surface area (Å²) in [5, 5.41) is 2.88. The molecular formula is C22H25N3O3. The number of aromatic nitrogens is 2. The van der Waals surface area contributed by atoms with Gasteiger partial charge in [-0.1, -0.05) is 30.4 Å². The number of imidazole rings is 1. The fourth-order valence-corrected chi connectivity index (χ4v) is 2.96. The zero-order valence-corrected chi connectivity index (χ0v) is 16.2. The molecule has 3 rings (SSSR count). The van der Waals surface area contributed by atoms with Crippen LogP contribution in [0.3, 0.4) is 0 Å². The number of ether oxygens (including phenoxy) is 2. The molecule has 1 heterocycles. The summed E-state index contributed by atoms with van der Waals surface area (Å²) < 4.78 is 13.0. The van der Waals surface area contributed by atoms with E-state index < -0.39 is 0 Å². The van der Waals surface area contributed by atoms with Gasteiger partial charge in [0.1, 0.15) is 0 Å². The zero-order valence-electron chi connectivity index (χ0n) is 16.2. The number of aryl methyl sites for hydroxylation is 1. The van der Waals surface area contributed by atoms with E-state index in [0.717, 1.165) is 29.6 Å². The number of carbonyl (C=O) groups excluding carboxylic acids is 1. The minimum atomic E-state index is -0.157. The minimum absolute atomic E-state index is 0.0483. The van der Waals surface area contributed by atoms with Gasteiger partial charge < -0.3 is 19.4 Å².